The Morgan fingerprint density at radius 1 is 1.15 bits per heavy atom. The normalized spacial score (nSPS) is 11.8. The van der Waals surface area contributed by atoms with Gasteiger partial charge in [-0.15, -0.1) is 24.0 Å². The van der Waals surface area contributed by atoms with Crippen LogP contribution in [0.5, 0.6) is 5.75 Å². The lowest BCUT2D eigenvalue weighted by atomic mass is 10.2. The molecule has 0 saturated carbocycles. The van der Waals surface area contributed by atoms with Crippen LogP contribution in [-0.4, -0.2) is 57.7 Å². The summed E-state index contributed by atoms with van der Waals surface area (Å²) in [7, 11) is -1.58. The Labute approximate surface area is 174 Å². The molecule has 0 aliphatic carbocycles. The highest BCUT2D eigenvalue weighted by Gasteiger charge is 2.18. The molecule has 0 fully saturated rings. The van der Waals surface area contributed by atoms with E-state index >= 15 is 0 Å². The number of benzene rings is 1. The Balaban J connectivity index is 0.00000625. The van der Waals surface area contributed by atoms with Gasteiger partial charge in [0.05, 0.1) is 12.4 Å². The number of nitrogens with zero attached hydrogens (tertiary/aromatic N) is 2. The van der Waals surface area contributed by atoms with Gasteiger partial charge in [-0.25, -0.2) is 12.7 Å². The number of sulfonamides is 1. The molecule has 7 nitrogen and oxygen atoms in total. The van der Waals surface area contributed by atoms with Crippen LogP contribution in [0.2, 0.25) is 0 Å². The minimum Gasteiger partial charge on any atom is -0.494 e. The molecule has 1 aromatic rings. The molecule has 0 aliphatic heterocycles. The first kappa shape index (κ1) is 24.9. The molecule has 0 atom stereocenters. The Bertz CT molecular complexity index is 649. The van der Waals surface area contributed by atoms with Crippen molar-refractivity contribution in [1.82, 2.24) is 14.9 Å². The molecule has 150 valence electrons. The topological polar surface area (TPSA) is 83.0 Å². The molecule has 9 heteroatoms. The standard InChI is InChI=1S/C17H30N4O3S.HI/c1-5-21(6-2)25(22,23)13-12-19-17(18-4)20-14-15-10-8-9-11-16(15)24-7-3;/h8-11H,5-7,12-14H2,1-4H3,(H2,18,19,20);1H. The first-order valence-corrected chi connectivity index (χ1v) is 10.2. The summed E-state index contributed by atoms with van der Waals surface area (Å²) in [6, 6.07) is 7.79. The van der Waals surface area contributed by atoms with Crippen LogP contribution in [-0.2, 0) is 16.6 Å². The van der Waals surface area contributed by atoms with E-state index < -0.39 is 10.0 Å². The van der Waals surface area contributed by atoms with Crippen LogP contribution in [0.4, 0.5) is 0 Å². The summed E-state index contributed by atoms with van der Waals surface area (Å²) in [6.45, 7) is 8.04. The maximum atomic E-state index is 12.2. The lowest BCUT2D eigenvalue weighted by Gasteiger charge is -2.19. The van der Waals surface area contributed by atoms with Crippen LogP contribution in [0, 0.1) is 0 Å². The zero-order chi connectivity index (χ0) is 18.7. The molecule has 0 unspecified atom stereocenters. The fraction of sp³-hybridized carbons (Fsp3) is 0.588. The van der Waals surface area contributed by atoms with Gasteiger partial charge < -0.3 is 15.4 Å². The molecular weight excluding hydrogens is 467 g/mol. The summed E-state index contributed by atoms with van der Waals surface area (Å²) in [6.07, 6.45) is 0. The monoisotopic (exact) mass is 498 g/mol. The van der Waals surface area contributed by atoms with Gasteiger partial charge in [-0.05, 0) is 13.0 Å². The van der Waals surface area contributed by atoms with E-state index in [0.717, 1.165) is 11.3 Å². The van der Waals surface area contributed by atoms with E-state index in [0.29, 0.717) is 38.7 Å². The van der Waals surface area contributed by atoms with Gasteiger partial charge in [-0.1, -0.05) is 32.0 Å². The van der Waals surface area contributed by atoms with Gasteiger partial charge in [0, 0.05) is 38.8 Å². The zero-order valence-corrected chi connectivity index (χ0v) is 19.1. The van der Waals surface area contributed by atoms with Crippen molar-refractivity contribution in [2.45, 2.75) is 27.3 Å². The van der Waals surface area contributed by atoms with Crippen molar-refractivity contribution in [1.29, 1.82) is 0 Å². The van der Waals surface area contributed by atoms with Crippen LogP contribution in [0.25, 0.3) is 0 Å². The van der Waals surface area contributed by atoms with E-state index in [4.69, 9.17) is 4.74 Å². The van der Waals surface area contributed by atoms with E-state index in [1.54, 1.807) is 7.05 Å². The average Bonchev–Trinajstić information content (AvgIpc) is 2.60. The summed E-state index contributed by atoms with van der Waals surface area (Å²) >= 11 is 0. The predicted octanol–water partition coefficient (Wildman–Crippen LogP) is 2.04. The van der Waals surface area contributed by atoms with Crippen LogP contribution >= 0.6 is 24.0 Å². The molecule has 0 spiro atoms. The summed E-state index contributed by atoms with van der Waals surface area (Å²) < 4.78 is 31.4. The number of guanidine groups is 1. The highest BCUT2D eigenvalue weighted by Crippen LogP contribution is 2.17. The molecule has 1 aromatic carbocycles. The van der Waals surface area contributed by atoms with Crippen molar-refractivity contribution in [3.8, 4) is 5.75 Å². The van der Waals surface area contributed by atoms with Crippen molar-refractivity contribution in [3.63, 3.8) is 0 Å². The number of halogens is 1. The summed E-state index contributed by atoms with van der Waals surface area (Å²) in [4.78, 5) is 4.13. The maximum absolute atomic E-state index is 12.2. The van der Waals surface area contributed by atoms with E-state index in [1.807, 2.05) is 45.0 Å². The fourth-order valence-electron chi connectivity index (χ4n) is 2.39. The Kier molecular flexibility index (Phi) is 12.6. The third-order valence-electron chi connectivity index (χ3n) is 3.69. The molecule has 26 heavy (non-hydrogen) atoms. The first-order valence-electron chi connectivity index (χ1n) is 8.61. The van der Waals surface area contributed by atoms with Gasteiger partial charge >= 0.3 is 0 Å². The van der Waals surface area contributed by atoms with Crippen molar-refractivity contribution < 1.29 is 13.2 Å². The second kappa shape index (κ2) is 13.2. The third kappa shape index (κ3) is 8.09. The molecule has 0 aliphatic rings. The largest absolute Gasteiger partial charge is 0.494 e. The molecule has 0 aromatic heterocycles. The second-order valence-electron chi connectivity index (χ2n) is 5.29. The Morgan fingerprint density at radius 3 is 2.38 bits per heavy atom. The first-order chi connectivity index (χ1) is 12.0. The number of hydrogen-bond acceptors (Lipinski definition) is 4. The minimum atomic E-state index is -3.24. The number of para-hydroxylation sites is 1. The van der Waals surface area contributed by atoms with Gasteiger partial charge in [0.15, 0.2) is 5.96 Å². The number of rotatable bonds is 10. The Morgan fingerprint density at radius 2 is 1.81 bits per heavy atom. The smallest absolute Gasteiger partial charge is 0.215 e. The summed E-state index contributed by atoms with van der Waals surface area (Å²) in [5, 5.41) is 6.22. The number of ether oxygens (including phenoxy) is 1. The molecule has 0 radical (unpaired) electrons. The Hall–Kier alpha value is -1.07. The second-order valence-corrected chi connectivity index (χ2v) is 7.38. The van der Waals surface area contributed by atoms with Crippen molar-refractivity contribution >= 4 is 40.0 Å². The van der Waals surface area contributed by atoms with Crippen molar-refractivity contribution in [3.05, 3.63) is 29.8 Å². The summed E-state index contributed by atoms with van der Waals surface area (Å²) in [5.74, 6) is 1.42. The fourth-order valence-corrected chi connectivity index (χ4v) is 3.80. The highest BCUT2D eigenvalue weighted by atomic mass is 127. The number of hydrogen-bond donors (Lipinski definition) is 2. The molecule has 1 rings (SSSR count). The van der Waals surface area contributed by atoms with Crippen LogP contribution in [0.1, 0.15) is 26.3 Å². The van der Waals surface area contributed by atoms with Gasteiger partial charge in [0.25, 0.3) is 0 Å². The average molecular weight is 498 g/mol. The SMILES string of the molecule is CCOc1ccccc1CNC(=NC)NCCS(=O)(=O)N(CC)CC.I. The van der Waals surface area contributed by atoms with Crippen LogP contribution in [0.3, 0.4) is 0 Å². The van der Waals surface area contributed by atoms with E-state index in [9.17, 15) is 8.42 Å². The van der Waals surface area contributed by atoms with Gasteiger partial charge in [0.2, 0.25) is 10.0 Å². The van der Waals surface area contributed by atoms with E-state index in [-0.39, 0.29) is 29.7 Å². The molecule has 2 N–H and O–H groups in total. The highest BCUT2D eigenvalue weighted by molar-refractivity contribution is 14.0. The molecular formula is C17H31IN4O3S. The van der Waals surface area contributed by atoms with E-state index in [2.05, 4.69) is 15.6 Å². The van der Waals surface area contributed by atoms with Crippen molar-refractivity contribution in [2.75, 3.05) is 39.0 Å². The maximum Gasteiger partial charge on any atom is 0.215 e. The lowest BCUT2D eigenvalue weighted by molar-refractivity contribution is 0.336. The van der Waals surface area contributed by atoms with E-state index in [1.165, 1.54) is 4.31 Å². The quantitative estimate of drug-likeness (QED) is 0.293. The third-order valence-corrected chi connectivity index (χ3v) is 5.72. The predicted molar refractivity (Wildman–Crippen MR) is 118 cm³/mol. The summed E-state index contributed by atoms with van der Waals surface area (Å²) in [5.41, 5.74) is 1.02. The van der Waals surface area contributed by atoms with Crippen molar-refractivity contribution in [2.24, 2.45) is 4.99 Å². The van der Waals surface area contributed by atoms with Gasteiger partial charge in [-0.2, -0.15) is 0 Å². The molecule has 0 bridgehead atoms. The lowest BCUT2D eigenvalue weighted by Crippen LogP contribution is -2.41. The van der Waals surface area contributed by atoms with Crippen LogP contribution in [0.15, 0.2) is 29.3 Å². The number of nitrogens with one attached hydrogen (secondary N) is 2. The number of aliphatic imine (C=N–C) groups is 1. The van der Waals surface area contributed by atoms with Gasteiger partial charge in [0.1, 0.15) is 5.75 Å². The minimum absolute atomic E-state index is 0. The van der Waals surface area contributed by atoms with Crippen LogP contribution < -0.4 is 15.4 Å². The molecule has 0 saturated heterocycles. The zero-order valence-electron chi connectivity index (χ0n) is 16.0. The molecule has 0 heterocycles. The molecule has 0 amide bonds. The van der Waals surface area contributed by atoms with Gasteiger partial charge in [-0.3, -0.25) is 4.99 Å².